The number of hydrogen-bond donors (Lipinski definition) is 0. The van der Waals surface area contributed by atoms with Crippen LogP contribution in [0.1, 0.15) is 25.6 Å². The van der Waals surface area contributed by atoms with Crippen molar-refractivity contribution in [1.29, 1.82) is 0 Å². The predicted molar refractivity (Wildman–Crippen MR) is 72.9 cm³/mol. The summed E-state index contributed by atoms with van der Waals surface area (Å²) in [5.74, 6) is 0. The van der Waals surface area contributed by atoms with E-state index in [1.54, 1.807) is 27.7 Å². The molecule has 1 rings (SSSR count). The zero-order valence-corrected chi connectivity index (χ0v) is 13.4. The molecule has 20 heavy (non-hydrogen) atoms. The van der Waals surface area contributed by atoms with E-state index in [9.17, 15) is 22.1 Å². The van der Waals surface area contributed by atoms with Crippen molar-refractivity contribution < 1.29 is 31.4 Å². The molecule has 0 fully saturated rings. The monoisotopic (exact) mass is 333 g/mol. The Morgan fingerprint density at radius 3 is 2.15 bits per heavy atom. The number of ether oxygens (including phenoxy) is 1. The highest BCUT2D eigenvalue weighted by Gasteiger charge is 2.29. The number of halogens is 4. The van der Waals surface area contributed by atoms with Gasteiger partial charge in [-0.15, -0.1) is 0 Å². The van der Waals surface area contributed by atoms with Gasteiger partial charge in [0.2, 0.25) is 0 Å². The van der Waals surface area contributed by atoms with E-state index < -0.39 is 12.9 Å². The first kappa shape index (κ1) is 19.2. The van der Waals surface area contributed by atoms with Gasteiger partial charge in [0, 0.05) is 0 Å². The summed E-state index contributed by atoms with van der Waals surface area (Å²) in [7, 11) is -6.00. The van der Waals surface area contributed by atoms with Gasteiger partial charge >= 0.3 is 17.7 Å². The Balaban J connectivity index is 0.000000621. The Labute approximate surface area is 123 Å². The van der Waals surface area contributed by atoms with Crippen LogP contribution in [0.3, 0.4) is 0 Å². The number of carbonyl (C=O) groups excluding carboxylic acids is 1. The number of aryl methyl sites for hydroxylation is 1. The molecule has 10 heteroatoms. The minimum atomic E-state index is -6.00. The fourth-order valence-corrected chi connectivity index (χ4v) is 2.74. The van der Waals surface area contributed by atoms with Gasteiger partial charge in [0.15, 0.2) is 6.20 Å². The molecule has 1 aromatic heterocycles. The van der Waals surface area contributed by atoms with E-state index in [4.69, 9.17) is 4.74 Å². The highest BCUT2D eigenvalue weighted by molar-refractivity contribution is 8.00. The topological polar surface area (TPSA) is 30.2 Å². The van der Waals surface area contributed by atoms with Gasteiger partial charge in [0.1, 0.15) is 5.60 Å². The molecular formula is C10H16BF4NO2S2. The second kappa shape index (κ2) is 7.30. The van der Waals surface area contributed by atoms with Crippen LogP contribution in [0, 0.1) is 6.92 Å². The van der Waals surface area contributed by atoms with Crippen molar-refractivity contribution in [3.63, 3.8) is 0 Å². The van der Waals surface area contributed by atoms with E-state index in [1.165, 1.54) is 0 Å². The third-order valence-corrected chi connectivity index (χ3v) is 3.62. The fourth-order valence-electron chi connectivity index (χ4n) is 1.03. The van der Waals surface area contributed by atoms with Gasteiger partial charge in [-0.05, 0) is 45.7 Å². The molecule has 0 saturated heterocycles. The number of thiazole rings is 1. The summed E-state index contributed by atoms with van der Waals surface area (Å²) in [6.07, 6.45) is 3.45. The van der Waals surface area contributed by atoms with Crippen molar-refractivity contribution in [2.45, 2.75) is 37.6 Å². The van der Waals surface area contributed by atoms with Gasteiger partial charge in [-0.25, -0.2) is 0 Å². The Morgan fingerprint density at radius 1 is 1.35 bits per heavy atom. The smallest absolute Gasteiger partial charge is 0.418 e. The summed E-state index contributed by atoms with van der Waals surface area (Å²) in [6, 6.07) is 0. The van der Waals surface area contributed by atoms with Crippen molar-refractivity contribution >= 4 is 36.4 Å². The maximum Gasteiger partial charge on any atom is 0.673 e. The van der Waals surface area contributed by atoms with E-state index in [0.29, 0.717) is 0 Å². The Bertz CT molecular complexity index is 451. The SMILES string of the molecule is CSc1sc(C)c[n+]1C(=O)OC(C)(C)C.F[B-](F)(F)F. The van der Waals surface area contributed by atoms with Crippen LogP contribution in [0.5, 0.6) is 0 Å². The molecule has 0 unspecified atom stereocenters. The van der Waals surface area contributed by atoms with Crippen LogP contribution in [0.2, 0.25) is 0 Å². The molecule has 3 nitrogen and oxygen atoms in total. The quantitative estimate of drug-likeness (QED) is 0.335. The maximum absolute atomic E-state index is 11.8. The summed E-state index contributed by atoms with van der Waals surface area (Å²) < 4.78 is 46.8. The van der Waals surface area contributed by atoms with Crippen LogP contribution in [0.15, 0.2) is 10.5 Å². The van der Waals surface area contributed by atoms with E-state index >= 15 is 0 Å². The molecule has 116 valence electrons. The van der Waals surface area contributed by atoms with Crippen molar-refractivity contribution in [1.82, 2.24) is 0 Å². The van der Waals surface area contributed by atoms with E-state index in [2.05, 4.69) is 0 Å². The predicted octanol–water partition coefficient (Wildman–Crippen LogP) is 4.15. The lowest BCUT2D eigenvalue weighted by atomic mass is 10.2. The highest BCUT2D eigenvalue weighted by atomic mass is 32.2. The van der Waals surface area contributed by atoms with Gasteiger partial charge in [-0.3, -0.25) is 0 Å². The second-order valence-electron chi connectivity index (χ2n) is 4.66. The molecule has 0 amide bonds. The molecule has 0 atom stereocenters. The number of rotatable bonds is 1. The van der Waals surface area contributed by atoms with Crippen LogP contribution < -0.4 is 4.57 Å². The number of hydrogen-bond acceptors (Lipinski definition) is 4. The van der Waals surface area contributed by atoms with Gasteiger partial charge in [-0.1, -0.05) is 15.9 Å². The van der Waals surface area contributed by atoms with Gasteiger partial charge in [0.05, 0.1) is 4.88 Å². The lowest BCUT2D eigenvalue weighted by molar-refractivity contribution is -0.619. The summed E-state index contributed by atoms with van der Waals surface area (Å²) >= 11 is 3.15. The first-order chi connectivity index (χ1) is 8.83. The van der Waals surface area contributed by atoms with E-state index in [0.717, 1.165) is 9.22 Å². The average Bonchev–Trinajstić information content (AvgIpc) is 2.54. The molecule has 0 aliphatic rings. The molecule has 0 radical (unpaired) electrons. The minimum Gasteiger partial charge on any atom is -0.418 e. The molecule has 0 bridgehead atoms. The molecule has 1 heterocycles. The molecule has 0 N–H and O–H groups in total. The summed E-state index contributed by atoms with van der Waals surface area (Å²) in [6.45, 7) is 7.57. The van der Waals surface area contributed by atoms with Crippen molar-refractivity contribution in [3.8, 4) is 0 Å². The first-order valence-corrected chi connectivity index (χ1v) is 7.54. The van der Waals surface area contributed by atoms with Crippen LogP contribution in [0.4, 0.5) is 22.1 Å². The zero-order chi connectivity index (χ0) is 16.1. The van der Waals surface area contributed by atoms with Crippen LogP contribution in [0.25, 0.3) is 0 Å². The third kappa shape index (κ3) is 9.19. The summed E-state index contributed by atoms with van der Waals surface area (Å²) in [5.41, 5.74) is -0.449. The maximum atomic E-state index is 11.8. The van der Waals surface area contributed by atoms with Crippen LogP contribution >= 0.6 is 23.1 Å². The molecular weight excluding hydrogens is 317 g/mol. The Kier molecular flexibility index (Phi) is 7.02. The minimum absolute atomic E-state index is 0.309. The molecule has 0 spiro atoms. The number of aromatic nitrogens is 1. The first-order valence-electron chi connectivity index (χ1n) is 5.50. The van der Waals surface area contributed by atoms with Gasteiger partial charge in [-0.2, -0.15) is 4.79 Å². The van der Waals surface area contributed by atoms with Gasteiger partial charge < -0.3 is 22.0 Å². The van der Waals surface area contributed by atoms with Crippen LogP contribution in [-0.4, -0.2) is 25.2 Å². The normalized spacial score (nSPS) is 11.7. The lowest BCUT2D eigenvalue weighted by Gasteiger charge is -2.15. The lowest BCUT2D eigenvalue weighted by Crippen LogP contribution is -2.46. The van der Waals surface area contributed by atoms with E-state index in [1.807, 2.05) is 40.1 Å². The Hall–Kier alpha value is -0.765. The molecule has 0 aliphatic carbocycles. The number of nitrogens with zero attached hydrogens (tertiary/aromatic N) is 1. The number of carbonyl (C=O) groups is 1. The molecule has 0 saturated carbocycles. The van der Waals surface area contributed by atoms with Crippen molar-refractivity contribution in [2.24, 2.45) is 0 Å². The molecule has 1 aromatic rings. The highest BCUT2D eigenvalue weighted by Crippen LogP contribution is 2.20. The third-order valence-electron chi connectivity index (χ3n) is 1.52. The second-order valence-corrected chi connectivity index (χ2v) is 6.95. The molecule has 0 aromatic carbocycles. The fraction of sp³-hybridized carbons (Fsp3) is 0.600. The standard InChI is InChI=1S/C10H16NO2S2.BF4/c1-7-6-11(9(14-5)15-7)8(12)13-10(2,3)4;2-1(3,4)5/h6H,1-5H3;/q+1;-1. The van der Waals surface area contributed by atoms with Crippen molar-refractivity contribution in [3.05, 3.63) is 11.1 Å². The number of thioether (sulfide) groups is 1. The largest absolute Gasteiger partial charge is 0.673 e. The van der Waals surface area contributed by atoms with E-state index in [-0.39, 0.29) is 6.09 Å². The summed E-state index contributed by atoms with van der Waals surface area (Å²) in [4.78, 5) is 12.9. The van der Waals surface area contributed by atoms with Crippen LogP contribution in [-0.2, 0) is 4.74 Å². The molecule has 0 aliphatic heterocycles. The average molecular weight is 333 g/mol. The Morgan fingerprint density at radius 2 is 1.80 bits per heavy atom. The summed E-state index contributed by atoms with van der Waals surface area (Å²) in [5, 5.41) is 0. The van der Waals surface area contributed by atoms with Gasteiger partial charge in [0.25, 0.3) is 0 Å². The zero-order valence-electron chi connectivity index (χ0n) is 11.7. The van der Waals surface area contributed by atoms with Crippen molar-refractivity contribution in [2.75, 3.05) is 6.26 Å².